The molecule has 1 aromatic heterocycles. The van der Waals surface area contributed by atoms with Gasteiger partial charge >= 0.3 is 6.36 Å². The Kier molecular flexibility index (Phi) is 3.55. The number of aryl methyl sites for hydroxylation is 1. The third kappa shape index (κ3) is 3.18. The Balaban J connectivity index is 3.16. The number of hydrogen-bond donors (Lipinski definition) is 0. The lowest BCUT2D eigenvalue weighted by molar-refractivity contribution is -0.385. The predicted octanol–water partition coefficient (Wildman–Crippen LogP) is 2.80. The highest BCUT2D eigenvalue weighted by Crippen LogP contribution is 2.29. The minimum atomic E-state index is -4.87. The summed E-state index contributed by atoms with van der Waals surface area (Å²) in [6.45, 7) is 1.23. The first-order chi connectivity index (χ1) is 7.20. The molecule has 0 unspecified atom stereocenters. The Hall–Kier alpha value is -1.13. The van der Waals surface area contributed by atoms with Crippen LogP contribution in [0.3, 0.4) is 0 Å². The van der Waals surface area contributed by atoms with Gasteiger partial charge in [-0.3, -0.25) is 10.1 Å². The van der Waals surface area contributed by atoms with Gasteiger partial charge in [-0.25, -0.2) is 4.98 Å². The highest BCUT2D eigenvalue weighted by Gasteiger charge is 2.33. The fourth-order valence-corrected chi connectivity index (χ4v) is 1.44. The van der Waals surface area contributed by atoms with Crippen LogP contribution in [0.1, 0.15) is 5.69 Å². The minimum Gasteiger partial charge on any atom is -0.387 e. The Morgan fingerprint density at radius 3 is 2.56 bits per heavy atom. The second-order valence-corrected chi connectivity index (χ2v) is 3.85. The topological polar surface area (TPSA) is 65.3 Å². The third-order valence-corrected chi connectivity index (χ3v) is 2.29. The lowest BCUT2D eigenvalue weighted by Crippen LogP contribution is -2.19. The van der Waals surface area contributed by atoms with Crippen LogP contribution in [-0.4, -0.2) is 16.3 Å². The third-order valence-electron chi connectivity index (χ3n) is 1.52. The van der Waals surface area contributed by atoms with Crippen LogP contribution in [0.15, 0.2) is 6.07 Å². The van der Waals surface area contributed by atoms with E-state index in [2.05, 4.69) is 9.72 Å². The first-order valence-electron chi connectivity index (χ1n) is 3.78. The molecule has 0 saturated heterocycles. The normalized spacial score (nSPS) is 11.3. The van der Waals surface area contributed by atoms with Crippen LogP contribution in [0, 0.1) is 20.6 Å². The number of hydrogen-bond acceptors (Lipinski definition) is 4. The number of alkyl halides is 3. The first kappa shape index (κ1) is 12.9. The molecule has 9 heteroatoms. The van der Waals surface area contributed by atoms with E-state index >= 15 is 0 Å². The molecule has 5 nitrogen and oxygen atoms in total. The van der Waals surface area contributed by atoms with E-state index in [1.54, 1.807) is 0 Å². The second kappa shape index (κ2) is 4.39. The Bertz CT molecular complexity index is 436. The van der Waals surface area contributed by atoms with Crippen molar-refractivity contribution < 1.29 is 22.8 Å². The zero-order valence-electron chi connectivity index (χ0n) is 7.71. The van der Waals surface area contributed by atoms with Gasteiger partial charge in [0, 0.05) is 6.07 Å². The molecule has 0 aliphatic heterocycles. The maximum Gasteiger partial charge on any atom is 0.574 e. The summed E-state index contributed by atoms with van der Waals surface area (Å²) in [7, 11) is 0. The van der Waals surface area contributed by atoms with Gasteiger partial charge in [-0.05, 0) is 29.5 Å². The highest BCUT2D eigenvalue weighted by molar-refractivity contribution is 14.1. The molecule has 88 valence electrons. The number of pyridine rings is 1. The number of nitrogens with zero attached hydrogens (tertiary/aromatic N) is 2. The van der Waals surface area contributed by atoms with Gasteiger partial charge in [-0.15, -0.1) is 13.2 Å². The fourth-order valence-electron chi connectivity index (χ4n) is 0.915. The molecule has 1 aromatic rings. The van der Waals surface area contributed by atoms with Crippen molar-refractivity contribution in [3.05, 3.63) is 25.4 Å². The van der Waals surface area contributed by atoms with Crippen molar-refractivity contribution in [1.29, 1.82) is 0 Å². The maximum atomic E-state index is 11.9. The van der Waals surface area contributed by atoms with Crippen LogP contribution < -0.4 is 4.74 Å². The van der Waals surface area contributed by atoms with Crippen molar-refractivity contribution in [2.75, 3.05) is 0 Å². The molecule has 0 amide bonds. The highest BCUT2D eigenvalue weighted by atomic mass is 127. The monoisotopic (exact) mass is 348 g/mol. The van der Waals surface area contributed by atoms with Gasteiger partial charge in [0.1, 0.15) is 5.69 Å². The van der Waals surface area contributed by atoms with Gasteiger partial charge in [0.15, 0.2) is 0 Å². The Morgan fingerprint density at radius 2 is 2.12 bits per heavy atom. The summed E-state index contributed by atoms with van der Waals surface area (Å²) in [6.07, 6.45) is -4.87. The summed E-state index contributed by atoms with van der Waals surface area (Å²) in [5, 5.41) is 10.5. The minimum absolute atomic E-state index is 0.0766. The van der Waals surface area contributed by atoms with Crippen molar-refractivity contribution >= 4 is 28.3 Å². The van der Waals surface area contributed by atoms with E-state index in [0.29, 0.717) is 0 Å². The van der Waals surface area contributed by atoms with Crippen LogP contribution in [0.25, 0.3) is 0 Å². The molecule has 0 aromatic carbocycles. The zero-order valence-corrected chi connectivity index (χ0v) is 9.87. The van der Waals surface area contributed by atoms with Gasteiger partial charge < -0.3 is 4.74 Å². The van der Waals surface area contributed by atoms with E-state index < -0.39 is 17.2 Å². The molecule has 16 heavy (non-hydrogen) atoms. The molecule has 0 N–H and O–H groups in total. The molecule has 0 saturated carbocycles. The van der Waals surface area contributed by atoms with E-state index in [9.17, 15) is 23.3 Å². The van der Waals surface area contributed by atoms with Gasteiger partial charge in [-0.2, -0.15) is 0 Å². The second-order valence-electron chi connectivity index (χ2n) is 2.68. The average molecular weight is 348 g/mol. The van der Waals surface area contributed by atoms with E-state index in [4.69, 9.17) is 0 Å². The molecule has 0 atom stereocenters. The number of rotatable bonds is 2. The SMILES string of the molecule is Cc1nc(OC(F)(F)F)c(I)cc1[N+](=O)[O-]. The number of ether oxygens (including phenoxy) is 1. The van der Waals surface area contributed by atoms with Crippen molar-refractivity contribution in [2.24, 2.45) is 0 Å². The number of nitro groups is 1. The molecule has 0 radical (unpaired) electrons. The molecule has 0 fully saturated rings. The number of halogens is 4. The quantitative estimate of drug-likeness (QED) is 0.468. The van der Waals surface area contributed by atoms with Gasteiger partial charge in [0.2, 0.25) is 5.88 Å². The molecule has 0 aliphatic carbocycles. The summed E-state index contributed by atoms with van der Waals surface area (Å²) in [4.78, 5) is 13.1. The molecular weight excluding hydrogens is 344 g/mol. The van der Waals surface area contributed by atoms with E-state index in [0.717, 1.165) is 6.07 Å². The largest absolute Gasteiger partial charge is 0.574 e. The van der Waals surface area contributed by atoms with Crippen molar-refractivity contribution in [3.63, 3.8) is 0 Å². The van der Waals surface area contributed by atoms with Crippen molar-refractivity contribution in [1.82, 2.24) is 4.98 Å². The lowest BCUT2D eigenvalue weighted by atomic mass is 10.3. The molecule has 1 heterocycles. The standard InChI is InChI=1S/C7H4F3IN2O3/c1-3-5(13(14)15)2-4(11)6(12-3)16-7(8,9)10/h2H,1H3. The molecule has 0 aliphatic rings. The molecule has 0 bridgehead atoms. The van der Waals surface area contributed by atoms with Crippen LogP contribution in [-0.2, 0) is 0 Å². The summed E-state index contributed by atoms with van der Waals surface area (Å²) in [5.41, 5.74) is -0.483. The smallest absolute Gasteiger partial charge is 0.387 e. The van der Waals surface area contributed by atoms with Crippen LogP contribution in [0.4, 0.5) is 18.9 Å². The molecule has 0 spiro atoms. The Labute approximate surface area is 101 Å². The number of aromatic nitrogens is 1. The van der Waals surface area contributed by atoms with Crippen LogP contribution in [0.2, 0.25) is 0 Å². The van der Waals surface area contributed by atoms with Crippen LogP contribution >= 0.6 is 22.6 Å². The van der Waals surface area contributed by atoms with Gasteiger partial charge in [0.05, 0.1) is 8.49 Å². The predicted molar refractivity (Wildman–Crippen MR) is 55.0 cm³/mol. The van der Waals surface area contributed by atoms with Crippen molar-refractivity contribution in [3.8, 4) is 5.88 Å². The van der Waals surface area contributed by atoms with Gasteiger partial charge in [-0.1, -0.05) is 0 Å². The zero-order chi connectivity index (χ0) is 12.5. The molecule has 1 rings (SSSR count). The van der Waals surface area contributed by atoms with E-state index in [-0.39, 0.29) is 15.0 Å². The van der Waals surface area contributed by atoms with Crippen molar-refractivity contribution in [2.45, 2.75) is 13.3 Å². The molecular formula is C7H4F3IN2O3. The lowest BCUT2D eigenvalue weighted by Gasteiger charge is -2.09. The first-order valence-corrected chi connectivity index (χ1v) is 4.86. The summed E-state index contributed by atoms with van der Waals surface area (Å²) < 4.78 is 39.3. The summed E-state index contributed by atoms with van der Waals surface area (Å²) >= 11 is 1.48. The maximum absolute atomic E-state index is 11.9. The average Bonchev–Trinajstić information content (AvgIpc) is 2.07. The summed E-state index contributed by atoms with van der Waals surface area (Å²) in [5.74, 6) is -0.684. The Morgan fingerprint density at radius 1 is 1.56 bits per heavy atom. The van der Waals surface area contributed by atoms with Crippen LogP contribution in [0.5, 0.6) is 5.88 Å². The summed E-state index contributed by atoms with van der Waals surface area (Å²) in [6, 6.07) is 0.976. The van der Waals surface area contributed by atoms with Gasteiger partial charge in [0.25, 0.3) is 5.69 Å². The van der Waals surface area contributed by atoms with E-state index in [1.807, 2.05) is 0 Å². The fraction of sp³-hybridized carbons (Fsp3) is 0.286. The van der Waals surface area contributed by atoms with E-state index in [1.165, 1.54) is 29.5 Å².